The summed E-state index contributed by atoms with van der Waals surface area (Å²) in [5.41, 5.74) is 15.3. The number of benzene rings is 13. The van der Waals surface area contributed by atoms with Crippen molar-refractivity contribution in [1.82, 2.24) is 0 Å². The van der Waals surface area contributed by atoms with Crippen molar-refractivity contribution in [3.8, 4) is 55.6 Å². The molecule has 0 saturated carbocycles. The van der Waals surface area contributed by atoms with Crippen LogP contribution in [0, 0.1) is 0 Å². The minimum absolute atomic E-state index is 1.09. The molecule has 0 aliphatic rings. The molecular weight excluding hydrogens is 831 g/mol. The molecule has 0 heterocycles. The van der Waals surface area contributed by atoms with Gasteiger partial charge in [-0.3, -0.25) is 0 Å². The minimum Gasteiger partial charge on any atom is -0.310 e. The van der Waals surface area contributed by atoms with Gasteiger partial charge in [-0.25, -0.2) is 0 Å². The summed E-state index contributed by atoms with van der Waals surface area (Å²) >= 11 is 0. The molecule has 0 fully saturated rings. The normalized spacial score (nSPS) is 11.5. The lowest BCUT2D eigenvalue weighted by Crippen LogP contribution is -2.11. The lowest BCUT2D eigenvalue weighted by molar-refractivity contribution is 1.29. The highest BCUT2D eigenvalue weighted by atomic mass is 15.1. The van der Waals surface area contributed by atoms with Crippen molar-refractivity contribution in [1.29, 1.82) is 0 Å². The summed E-state index contributed by atoms with van der Waals surface area (Å²) < 4.78 is 0. The first-order valence-corrected chi connectivity index (χ1v) is 23.8. The Kier molecular flexibility index (Phi) is 9.91. The van der Waals surface area contributed by atoms with Gasteiger partial charge in [0.2, 0.25) is 0 Å². The standard InChI is InChI=1S/C68H45N/c1-3-17-51(18-4-1)67-64-25-12-11-24-62(64)63-41-37-56(45-65(63)68(67)52-19-5-2-6-20-52)61-23-13-14-26-66(61)69(58-40-42-60-55(44-58)34-32-50-16-9-10-22-59(50)60)57-38-35-48(36-39-57)47-27-29-49(30-28-47)54-33-31-46-15-7-8-21-53(46)43-54/h1-45H. The Balaban J connectivity index is 0.969. The van der Waals surface area contributed by atoms with Crippen molar-refractivity contribution in [3.63, 3.8) is 0 Å². The van der Waals surface area contributed by atoms with Crippen molar-refractivity contribution in [2.45, 2.75) is 0 Å². The maximum Gasteiger partial charge on any atom is 0.0540 e. The van der Waals surface area contributed by atoms with E-state index in [9.17, 15) is 0 Å². The molecule has 0 aromatic heterocycles. The molecule has 0 radical (unpaired) electrons. The fourth-order valence-corrected chi connectivity index (χ4v) is 10.7. The van der Waals surface area contributed by atoms with Crippen LogP contribution in [0.25, 0.3) is 109 Å². The van der Waals surface area contributed by atoms with Gasteiger partial charge in [-0.15, -0.1) is 0 Å². The van der Waals surface area contributed by atoms with Crippen molar-refractivity contribution >= 4 is 70.9 Å². The zero-order valence-corrected chi connectivity index (χ0v) is 37.9. The van der Waals surface area contributed by atoms with Crippen LogP contribution in [-0.2, 0) is 0 Å². The molecule has 0 N–H and O–H groups in total. The van der Waals surface area contributed by atoms with Crippen molar-refractivity contribution < 1.29 is 0 Å². The average molecular weight is 876 g/mol. The third kappa shape index (κ3) is 7.20. The van der Waals surface area contributed by atoms with Gasteiger partial charge in [0, 0.05) is 16.9 Å². The SMILES string of the molecule is c1ccc(-c2c(-c3ccccc3)c3cc(-c4ccccc4N(c4ccc(-c5ccc(-c6ccc7ccccc7c6)cc5)cc4)c4ccc5c(ccc6ccccc65)c4)ccc3c3ccccc23)cc1. The molecule has 0 aliphatic carbocycles. The molecule has 13 aromatic rings. The van der Waals surface area contributed by atoms with Gasteiger partial charge in [-0.2, -0.15) is 0 Å². The van der Waals surface area contributed by atoms with Crippen molar-refractivity contribution in [2.75, 3.05) is 4.90 Å². The molecule has 1 nitrogen and oxygen atoms in total. The van der Waals surface area contributed by atoms with E-state index in [1.807, 2.05) is 0 Å². The first kappa shape index (κ1) is 40.3. The first-order chi connectivity index (χ1) is 34.2. The molecule has 0 amide bonds. The molecular formula is C68H45N. The van der Waals surface area contributed by atoms with Crippen LogP contribution in [0.2, 0.25) is 0 Å². The Morgan fingerprint density at radius 2 is 0.667 bits per heavy atom. The van der Waals surface area contributed by atoms with E-state index in [2.05, 4.69) is 278 Å². The molecule has 13 rings (SSSR count). The molecule has 0 aliphatic heterocycles. The van der Waals surface area contributed by atoms with Crippen molar-refractivity contribution in [2.24, 2.45) is 0 Å². The van der Waals surface area contributed by atoms with Crippen LogP contribution in [0.15, 0.2) is 273 Å². The number of anilines is 3. The number of hydrogen-bond donors (Lipinski definition) is 0. The van der Waals surface area contributed by atoms with Gasteiger partial charge in [-0.05, 0) is 146 Å². The fraction of sp³-hybridized carbons (Fsp3) is 0. The lowest BCUT2D eigenvalue weighted by Gasteiger charge is -2.28. The summed E-state index contributed by atoms with van der Waals surface area (Å²) in [6.45, 7) is 0. The number of hydrogen-bond acceptors (Lipinski definition) is 1. The third-order valence-electron chi connectivity index (χ3n) is 14.0. The molecule has 0 saturated heterocycles. The van der Waals surface area contributed by atoms with Crippen LogP contribution in [0.5, 0.6) is 0 Å². The number of nitrogens with zero attached hydrogens (tertiary/aromatic N) is 1. The quantitative estimate of drug-likeness (QED) is 0.138. The molecule has 0 spiro atoms. The topological polar surface area (TPSA) is 3.24 Å². The zero-order valence-electron chi connectivity index (χ0n) is 37.9. The van der Waals surface area contributed by atoms with E-state index in [0.717, 1.165) is 28.2 Å². The molecule has 322 valence electrons. The van der Waals surface area contributed by atoms with Crippen LogP contribution < -0.4 is 4.90 Å². The molecule has 13 aromatic carbocycles. The second kappa shape index (κ2) is 17.0. The van der Waals surface area contributed by atoms with Crippen LogP contribution in [-0.4, -0.2) is 0 Å². The van der Waals surface area contributed by atoms with E-state index in [-0.39, 0.29) is 0 Å². The van der Waals surface area contributed by atoms with Crippen LogP contribution >= 0.6 is 0 Å². The Morgan fingerprint density at radius 1 is 0.203 bits per heavy atom. The molecule has 0 unspecified atom stereocenters. The minimum atomic E-state index is 1.09. The summed E-state index contributed by atoms with van der Waals surface area (Å²) in [5.74, 6) is 0. The molecule has 0 bridgehead atoms. The van der Waals surface area contributed by atoms with Gasteiger partial charge in [-0.1, -0.05) is 231 Å². The van der Waals surface area contributed by atoms with Gasteiger partial charge >= 0.3 is 0 Å². The molecule has 1 heteroatoms. The maximum atomic E-state index is 2.44. The third-order valence-corrected chi connectivity index (χ3v) is 14.0. The summed E-state index contributed by atoms with van der Waals surface area (Å²) in [5, 5.41) is 12.4. The predicted molar refractivity (Wildman–Crippen MR) is 296 cm³/mol. The number of para-hydroxylation sites is 1. The van der Waals surface area contributed by atoms with E-state index in [1.165, 1.54) is 98.4 Å². The van der Waals surface area contributed by atoms with E-state index in [1.54, 1.807) is 0 Å². The lowest BCUT2D eigenvalue weighted by atomic mass is 9.84. The van der Waals surface area contributed by atoms with Gasteiger partial charge in [0.15, 0.2) is 0 Å². The Bertz CT molecular complexity index is 4040. The second-order valence-corrected chi connectivity index (χ2v) is 18.0. The highest BCUT2D eigenvalue weighted by Gasteiger charge is 2.22. The summed E-state index contributed by atoms with van der Waals surface area (Å²) in [6.07, 6.45) is 0. The summed E-state index contributed by atoms with van der Waals surface area (Å²) in [4.78, 5) is 2.44. The molecule has 0 atom stereocenters. The van der Waals surface area contributed by atoms with Gasteiger partial charge in [0.1, 0.15) is 0 Å². The van der Waals surface area contributed by atoms with E-state index >= 15 is 0 Å². The van der Waals surface area contributed by atoms with Gasteiger partial charge in [0.05, 0.1) is 5.69 Å². The highest BCUT2D eigenvalue weighted by Crippen LogP contribution is 2.48. The highest BCUT2D eigenvalue weighted by molar-refractivity contribution is 6.22. The Labute approximate surface area is 402 Å². The second-order valence-electron chi connectivity index (χ2n) is 18.0. The first-order valence-electron chi connectivity index (χ1n) is 23.8. The summed E-state index contributed by atoms with van der Waals surface area (Å²) in [6, 6.07) is 100. The van der Waals surface area contributed by atoms with Crippen LogP contribution in [0.4, 0.5) is 17.1 Å². The average Bonchev–Trinajstić information content (AvgIpc) is 3.43. The van der Waals surface area contributed by atoms with Crippen LogP contribution in [0.1, 0.15) is 0 Å². The van der Waals surface area contributed by atoms with E-state index in [0.29, 0.717) is 0 Å². The van der Waals surface area contributed by atoms with Gasteiger partial charge in [0.25, 0.3) is 0 Å². The predicted octanol–water partition coefficient (Wildman–Crippen LogP) is 19.3. The van der Waals surface area contributed by atoms with Gasteiger partial charge < -0.3 is 4.90 Å². The Hall–Kier alpha value is -9.04. The van der Waals surface area contributed by atoms with E-state index < -0.39 is 0 Å². The maximum absolute atomic E-state index is 2.44. The van der Waals surface area contributed by atoms with E-state index in [4.69, 9.17) is 0 Å². The number of fused-ring (bicyclic) bond motifs is 7. The van der Waals surface area contributed by atoms with Crippen LogP contribution in [0.3, 0.4) is 0 Å². The van der Waals surface area contributed by atoms with Crippen molar-refractivity contribution in [3.05, 3.63) is 273 Å². The summed E-state index contributed by atoms with van der Waals surface area (Å²) in [7, 11) is 0. The monoisotopic (exact) mass is 875 g/mol. The fourth-order valence-electron chi connectivity index (χ4n) is 10.7. The smallest absolute Gasteiger partial charge is 0.0540 e. The Morgan fingerprint density at radius 3 is 1.41 bits per heavy atom. The number of rotatable bonds is 8. The molecule has 69 heavy (non-hydrogen) atoms. The largest absolute Gasteiger partial charge is 0.310 e. The zero-order chi connectivity index (χ0) is 45.7.